The van der Waals surface area contributed by atoms with Crippen molar-refractivity contribution in [2.24, 2.45) is 4.99 Å². The Morgan fingerprint density at radius 3 is 2.86 bits per heavy atom. The molecule has 1 aromatic carbocycles. The highest BCUT2D eigenvalue weighted by atomic mass is 35.5. The number of hydroxylamine groups is 2. The van der Waals surface area contributed by atoms with Gasteiger partial charge in [-0.15, -0.1) is 16.4 Å². The van der Waals surface area contributed by atoms with Crippen LogP contribution in [0.5, 0.6) is 0 Å². The number of amidine groups is 2. The molecule has 1 N–H and O–H groups in total. The molecule has 0 aliphatic carbocycles. The number of aliphatic imine (C=N–C) groups is 1. The molecule has 0 fully saturated rings. The van der Waals surface area contributed by atoms with E-state index in [4.69, 9.17) is 21.8 Å². The Bertz CT molecular complexity index is 1250. The molecule has 2 aliphatic rings. The molecule has 2 aliphatic heterocycles. The zero-order valence-corrected chi connectivity index (χ0v) is 16.1. The first-order valence-corrected chi connectivity index (χ1v) is 9.58. The Kier molecular flexibility index (Phi) is 3.71. The number of carbonyl (C=O) groups excluding carboxylic acids is 1. The molecule has 5 rings (SSSR count). The highest BCUT2D eigenvalue weighted by molar-refractivity contribution is 7.15. The van der Waals surface area contributed by atoms with Crippen LogP contribution in [-0.2, 0) is 9.63 Å². The van der Waals surface area contributed by atoms with Gasteiger partial charge in [0.05, 0.1) is 17.0 Å². The summed E-state index contributed by atoms with van der Waals surface area (Å²) in [5.41, 5.74) is 2.38. The van der Waals surface area contributed by atoms with Crippen LogP contribution < -0.4 is 0 Å². The fourth-order valence-electron chi connectivity index (χ4n) is 3.10. The number of hydrogen-bond donors (Lipinski definition) is 1. The summed E-state index contributed by atoms with van der Waals surface area (Å²) in [4.78, 5) is 27.6. The van der Waals surface area contributed by atoms with Gasteiger partial charge in [-0.05, 0) is 25.1 Å². The lowest BCUT2D eigenvalue weighted by Gasteiger charge is -2.22. The number of thiazole rings is 1. The molecule has 3 aromatic rings. The van der Waals surface area contributed by atoms with Crippen LogP contribution in [0.4, 0.5) is 0 Å². The van der Waals surface area contributed by atoms with Crippen molar-refractivity contribution in [2.45, 2.75) is 6.92 Å². The maximum atomic E-state index is 12.6. The monoisotopic (exact) mass is 409 g/mol. The summed E-state index contributed by atoms with van der Waals surface area (Å²) >= 11 is 7.49. The molecule has 28 heavy (non-hydrogen) atoms. The number of hydrogen-bond acceptors (Lipinski definition) is 5. The third-order valence-electron chi connectivity index (χ3n) is 4.38. The van der Waals surface area contributed by atoms with Crippen molar-refractivity contribution in [3.05, 3.63) is 64.0 Å². The number of halogens is 1. The Labute approximate surface area is 168 Å². The third-order valence-corrected chi connectivity index (χ3v) is 5.39. The number of fused-ring (bicyclic) bond motifs is 2. The number of imidazole rings is 1. The van der Waals surface area contributed by atoms with Crippen molar-refractivity contribution in [1.82, 2.24) is 14.4 Å². The van der Waals surface area contributed by atoms with E-state index in [0.29, 0.717) is 28.0 Å². The summed E-state index contributed by atoms with van der Waals surface area (Å²) in [5.74, 6) is 0.342. The van der Waals surface area contributed by atoms with E-state index in [2.05, 4.69) is 9.98 Å². The van der Waals surface area contributed by atoms with E-state index in [-0.39, 0.29) is 11.4 Å². The quantitative estimate of drug-likeness (QED) is 0.644. The van der Waals surface area contributed by atoms with E-state index >= 15 is 0 Å². The van der Waals surface area contributed by atoms with Crippen LogP contribution in [0.3, 0.4) is 0 Å². The minimum absolute atomic E-state index is 0.0599. The third kappa shape index (κ3) is 2.57. The molecule has 0 unspecified atom stereocenters. The van der Waals surface area contributed by atoms with Gasteiger partial charge in [-0.1, -0.05) is 23.7 Å². The number of benzene rings is 1. The molecule has 0 saturated carbocycles. The first kappa shape index (κ1) is 16.9. The number of carbonyl (C=O) groups is 1. The van der Waals surface area contributed by atoms with Gasteiger partial charge in [-0.25, -0.2) is 4.98 Å². The largest absolute Gasteiger partial charge is 0.376 e. The number of aromatic nitrogens is 2. The second-order valence-electron chi connectivity index (χ2n) is 6.23. The molecule has 7 nitrogen and oxygen atoms in total. The van der Waals surface area contributed by atoms with Gasteiger partial charge in [-0.2, -0.15) is 4.99 Å². The summed E-state index contributed by atoms with van der Waals surface area (Å²) in [5, 5.41) is 12.2. The minimum Gasteiger partial charge on any atom is -0.376 e. The van der Waals surface area contributed by atoms with Crippen molar-refractivity contribution >= 4 is 51.6 Å². The molecule has 0 radical (unpaired) electrons. The molecule has 0 bridgehead atoms. The smallest absolute Gasteiger partial charge is 0.283 e. The maximum absolute atomic E-state index is 12.6. The topological polar surface area (TPSA) is 83.1 Å². The van der Waals surface area contributed by atoms with Gasteiger partial charge in [0.15, 0.2) is 16.6 Å². The SMILES string of the molecule is CC1=CC2=NC(=O)C(=Cc3c(-c4ccc(Cl)cc4)nc4sccn34)C(=N)N2O1. The minimum atomic E-state index is -0.488. The highest BCUT2D eigenvalue weighted by Crippen LogP contribution is 2.31. The summed E-state index contributed by atoms with van der Waals surface area (Å²) in [6.45, 7) is 1.74. The van der Waals surface area contributed by atoms with Gasteiger partial charge in [0.2, 0.25) is 0 Å². The van der Waals surface area contributed by atoms with Crippen molar-refractivity contribution in [3.8, 4) is 11.3 Å². The van der Waals surface area contributed by atoms with Crippen LogP contribution >= 0.6 is 22.9 Å². The highest BCUT2D eigenvalue weighted by Gasteiger charge is 2.34. The van der Waals surface area contributed by atoms with Crippen LogP contribution in [0.2, 0.25) is 5.02 Å². The lowest BCUT2D eigenvalue weighted by molar-refractivity contribution is -0.114. The molecule has 9 heteroatoms. The fraction of sp³-hybridized carbons (Fsp3) is 0.0526. The van der Waals surface area contributed by atoms with Gasteiger partial charge in [0, 0.05) is 28.2 Å². The van der Waals surface area contributed by atoms with Gasteiger partial charge in [0.25, 0.3) is 5.91 Å². The van der Waals surface area contributed by atoms with Crippen molar-refractivity contribution in [2.75, 3.05) is 0 Å². The molecule has 138 valence electrons. The van der Waals surface area contributed by atoms with Crippen molar-refractivity contribution < 1.29 is 9.63 Å². The molecule has 1 amide bonds. The van der Waals surface area contributed by atoms with Crippen LogP contribution in [-0.4, -0.2) is 32.0 Å². The molecule has 0 atom stereocenters. The number of nitrogens with zero attached hydrogens (tertiary/aromatic N) is 4. The summed E-state index contributed by atoms with van der Waals surface area (Å²) in [6, 6.07) is 7.33. The molecule has 4 heterocycles. The predicted octanol–water partition coefficient (Wildman–Crippen LogP) is 4.17. The normalized spacial score (nSPS) is 17.8. The standard InChI is InChI=1S/C19H12ClN5O2S/c1-10-8-15-22-18(26)13(17(21)25(15)27-10)9-14-16(11-2-4-12(20)5-3-11)23-19-24(14)6-7-28-19/h2-9,21H,1H3. The number of rotatable bonds is 2. The lowest BCUT2D eigenvalue weighted by atomic mass is 10.1. The van der Waals surface area contributed by atoms with Crippen LogP contribution in [0, 0.1) is 5.41 Å². The summed E-state index contributed by atoms with van der Waals surface area (Å²) in [6.07, 6.45) is 5.14. The van der Waals surface area contributed by atoms with Crippen LogP contribution in [0.25, 0.3) is 22.3 Å². The first-order valence-electron chi connectivity index (χ1n) is 8.33. The van der Waals surface area contributed by atoms with E-state index in [0.717, 1.165) is 10.5 Å². The predicted molar refractivity (Wildman–Crippen MR) is 108 cm³/mol. The second kappa shape index (κ2) is 6.15. The van der Waals surface area contributed by atoms with E-state index < -0.39 is 5.91 Å². The lowest BCUT2D eigenvalue weighted by Crippen LogP contribution is -2.38. The van der Waals surface area contributed by atoms with E-state index in [1.807, 2.05) is 28.1 Å². The second-order valence-corrected chi connectivity index (χ2v) is 7.54. The van der Waals surface area contributed by atoms with Gasteiger partial charge >= 0.3 is 0 Å². The molecule has 0 saturated heterocycles. The van der Waals surface area contributed by atoms with Crippen LogP contribution in [0.1, 0.15) is 12.6 Å². The Morgan fingerprint density at radius 2 is 2.07 bits per heavy atom. The van der Waals surface area contributed by atoms with Gasteiger partial charge in [0.1, 0.15) is 5.76 Å². The van der Waals surface area contributed by atoms with Gasteiger partial charge < -0.3 is 4.84 Å². The van der Waals surface area contributed by atoms with Crippen molar-refractivity contribution in [3.63, 3.8) is 0 Å². The molecular weight excluding hydrogens is 398 g/mol. The average molecular weight is 410 g/mol. The van der Waals surface area contributed by atoms with E-state index in [1.165, 1.54) is 16.4 Å². The Balaban J connectivity index is 1.67. The Hall–Kier alpha value is -3.23. The first-order chi connectivity index (χ1) is 13.5. The fourth-order valence-corrected chi connectivity index (χ4v) is 3.95. The molecular formula is C19H12ClN5O2S. The van der Waals surface area contributed by atoms with Crippen LogP contribution in [0.15, 0.2) is 58.2 Å². The average Bonchev–Trinajstić information content (AvgIpc) is 3.34. The number of nitrogens with one attached hydrogen (secondary N) is 1. The summed E-state index contributed by atoms with van der Waals surface area (Å²) in [7, 11) is 0. The van der Waals surface area contributed by atoms with Gasteiger partial charge in [-0.3, -0.25) is 14.6 Å². The zero-order valence-electron chi connectivity index (χ0n) is 14.5. The molecule has 2 aromatic heterocycles. The van der Waals surface area contributed by atoms with Crippen molar-refractivity contribution in [1.29, 1.82) is 5.41 Å². The number of allylic oxidation sites excluding steroid dienone is 1. The Morgan fingerprint density at radius 1 is 1.29 bits per heavy atom. The summed E-state index contributed by atoms with van der Waals surface area (Å²) < 4.78 is 1.88. The maximum Gasteiger partial charge on any atom is 0.283 e. The van der Waals surface area contributed by atoms with E-state index in [9.17, 15) is 4.79 Å². The van der Waals surface area contributed by atoms with E-state index in [1.54, 1.807) is 31.2 Å². The molecule has 0 spiro atoms. The number of amides is 1. The zero-order chi connectivity index (χ0) is 19.4.